The van der Waals surface area contributed by atoms with Gasteiger partial charge in [0.15, 0.2) is 0 Å². The Balaban J connectivity index is 1.92. The molecule has 3 N–H and O–H groups in total. The van der Waals surface area contributed by atoms with Gasteiger partial charge in [-0.05, 0) is 25.3 Å². The fourth-order valence-corrected chi connectivity index (χ4v) is 2.22. The Labute approximate surface area is 135 Å². The molecule has 2 aromatic rings. The van der Waals surface area contributed by atoms with E-state index in [0.29, 0.717) is 13.1 Å². The molecule has 0 saturated carbocycles. The van der Waals surface area contributed by atoms with Gasteiger partial charge in [0.1, 0.15) is 0 Å². The van der Waals surface area contributed by atoms with Crippen LogP contribution in [-0.2, 0) is 9.59 Å². The zero-order chi connectivity index (χ0) is 16.8. The summed E-state index contributed by atoms with van der Waals surface area (Å²) in [7, 11) is 0. The second-order valence-corrected chi connectivity index (χ2v) is 5.26. The highest BCUT2D eigenvalue weighted by Gasteiger charge is 2.11. The van der Waals surface area contributed by atoms with E-state index in [4.69, 9.17) is 5.11 Å². The number of amides is 1. The van der Waals surface area contributed by atoms with Crippen LogP contribution in [0.5, 0.6) is 0 Å². The Hall–Kier alpha value is -2.82. The third-order valence-electron chi connectivity index (χ3n) is 3.74. The Morgan fingerprint density at radius 1 is 0.957 bits per heavy atom. The van der Waals surface area contributed by atoms with Crippen LogP contribution in [0, 0.1) is 0 Å². The maximum absolute atomic E-state index is 11.9. The highest BCUT2D eigenvalue weighted by Crippen LogP contribution is 2.22. The molecule has 0 spiro atoms. The summed E-state index contributed by atoms with van der Waals surface area (Å²) in [5, 5.41) is 17.1. The first-order valence-electron chi connectivity index (χ1n) is 7.41. The van der Waals surface area contributed by atoms with E-state index in [1.165, 1.54) is 13.8 Å². The molecule has 0 atom stereocenters. The molecular formula is C18H20N2O3. The average molecular weight is 312 g/mol. The van der Waals surface area contributed by atoms with Gasteiger partial charge in [-0.3, -0.25) is 4.79 Å². The lowest BCUT2D eigenvalue weighted by atomic mass is 10.1. The molecule has 0 radical (unpaired) electrons. The summed E-state index contributed by atoms with van der Waals surface area (Å²) in [5.74, 6) is -1.43. The van der Waals surface area contributed by atoms with Crippen LogP contribution >= 0.6 is 0 Å². The highest BCUT2D eigenvalue weighted by atomic mass is 16.4. The largest absolute Gasteiger partial charge is 0.478 e. The lowest BCUT2D eigenvalue weighted by Gasteiger charge is -2.11. The molecule has 2 aromatic carbocycles. The van der Waals surface area contributed by atoms with E-state index >= 15 is 0 Å². The van der Waals surface area contributed by atoms with Crippen molar-refractivity contribution in [3.63, 3.8) is 0 Å². The van der Waals surface area contributed by atoms with Crippen molar-refractivity contribution in [3.8, 4) is 0 Å². The fourth-order valence-electron chi connectivity index (χ4n) is 2.22. The number of rotatable bonds is 6. The number of hydrogen-bond donors (Lipinski definition) is 3. The van der Waals surface area contributed by atoms with Gasteiger partial charge < -0.3 is 15.7 Å². The number of carboxylic acid groups (broad SMARTS) is 1. The second kappa shape index (κ2) is 7.45. The molecule has 0 bridgehead atoms. The van der Waals surface area contributed by atoms with Crippen LogP contribution < -0.4 is 10.6 Å². The van der Waals surface area contributed by atoms with Crippen LogP contribution in [0.1, 0.15) is 13.8 Å². The maximum Gasteiger partial charge on any atom is 0.331 e. The fraction of sp³-hybridized carbons (Fsp3) is 0.222. The Kier molecular flexibility index (Phi) is 5.36. The first-order chi connectivity index (χ1) is 11.0. The molecule has 1 amide bonds. The van der Waals surface area contributed by atoms with Gasteiger partial charge in [0.2, 0.25) is 5.91 Å². The van der Waals surface area contributed by atoms with Gasteiger partial charge in [-0.2, -0.15) is 0 Å². The number of carbonyl (C=O) groups excluding carboxylic acids is 1. The number of aliphatic carboxylic acids is 1. The lowest BCUT2D eigenvalue weighted by Crippen LogP contribution is -2.30. The zero-order valence-corrected chi connectivity index (χ0v) is 13.2. The Bertz CT molecular complexity index is 760. The van der Waals surface area contributed by atoms with Crippen LogP contribution in [0.15, 0.2) is 53.6 Å². The quantitative estimate of drug-likeness (QED) is 0.566. The summed E-state index contributed by atoms with van der Waals surface area (Å²) in [5.41, 5.74) is 1.29. The number of anilines is 1. The van der Waals surface area contributed by atoms with Crippen molar-refractivity contribution in [1.82, 2.24) is 5.32 Å². The van der Waals surface area contributed by atoms with Crippen molar-refractivity contribution in [1.29, 1.82) is 0 Å². The highest BCUT2D eigenvalue weighted by molar-refractivity contribution is 6.01. The number of fused-ring (bicyclic) bond motifs is 1. The first-order valence-corrected chi connectivity index (χ1v) is 7.41. The van der Waals surface area contributed by atoms with Crippen molar-refractivity contribution in [2.75, 3.05) is 18.4 Å². The number of carbonyl (C=O) groups is 2. The zero-order valence-electron chi connectivity index (χ0n) is 13.2. The van der Waals surface area contributed by atoms with Crippen LogP contribution in [0.3, 0.4) is 0 Å². The summed E-state index contributed by atoms with van der Waals surface area (Å²) >= 11 is 0. The van der Waals surface area contributed by atoms with E-state index in [-0.39, 0.29) is 17.1 Å². The molecule has 0 saturated heterocycles. The number of nitrogens with one attached hydrogen (secondary N) is 2. The summed E-state index contributed by atoms with van der Waals surface area (Å²) in [6.07, 6.45) is 0. The standard InChI is InChI=1S/C18H20N2O3/c1-12(13(2)18(22)23)17(21)20-11-10-19-16-9-5-7-14-6-3-4-8-15(14)16/h3-9,19H,10-11H2,1-2H3,(H,20,21)(H,22,23)/b13-12-. The van der Waals surface area contributed by atoms with Gasteiger partial charge in [0, 0.05) is 35.3 Å². The monoisotopic (exact) mass is 312 g/mol. The number of carboxylic acids is 1. The molecule has 0 aromatic heterocycles. The van der Waals surface area contributed by atoms with Gasteiger partial charge in [-0.15, -0.1) is 0 Å². The van der Waals surface area contributed by atoms with Crippen LogP contribution in [0.4, 0.5) is 5.69 Å². The van der Waals surface area contributed by atoms with E-state index < -0.39 is 5.97 Å². The molecule has 0 unspecified atom stereocenters. The predicted molar refractivity (Wildman–Crippen MR) is 91.5 cm³/mol. The molecule has 5 heteroatoms. The Morgan fingerprint density at radius 3 is 2.39 bits per heavy atom. The molecule has 0 fully saturated rings. The molecule has 23 heavy (non-hydrogen) atoms. The minimum absolute atomic E-state index is 0.0597. The molecule has 0 aliphatic rings. The number of benzene rings is 2. The van der Waals surface area contributed by atoms with Gasteiger partial charge in [0.05, 0.1) is 0 Å². The van der Waals surface area contributed by atoms with Crippen LogP contribution in [-0.4, -0.2) is 30.1 Å². The number of hydrogen-bond acceptors (Lipinski definition) is 3. The summed E-state index contributed by atoms with van der Waals surface area (Å²) in [6, 6.07) is 14.1. The lowest BCUT2D eigenvalue weighted by molar-refractivity contribution is -0.133. The first kappa shape index (κ1) is 16.5. The molecule has 2 rings (SSSR count). The van der Waals surface area contributed by atoms with E-state index in [0.717, 1.165) is 16.5 Å². The minimum Gasteiger partial charge on any atom is -0.478 e. The van der Waals surface area contributed by atoms with Crippen molar-refractivity contribution >= 4 is 28.3 Å². The smallest absolute Gasteiger partial charge is 0.331 e. The normalized spacial score (nSPS) is 11.7. The average Bonchev–Trinajstić information content (AvgIpc) is 2.57. The van der Waals surface area contributed by atoms with E-state index in [2.05, 4.69) is 10.6 Å². The third-order valence-corrected chi connectivity index (χ3v) is 3.74. The summed E-state index contributed by atoms with van der Waals surface area (Å²) in [6.45, 7) is 3.90. The Morgan fingerprint density at radius 2 is 1.65 bits per heavy atom. The molecule has 5 nitrogen and oxygen atoms in total. The van der Waals surface area contributed by atoms with Gasteiger partial charge in [-0.25, -0.2) is 4.79 Å². The topological polar surface area (TPSA) is 78.4 Å². The van der Waals surface area contributed by atoms with E-state index in [1.807, 2.05) is 42.5 Å². The van der Waals surface area contributed by atoms with E-state index in [1.54, 1.807) is 0 Å². The minimum atomic E-state index is -1.08. The third kappa shape index (κ3) is 4.10. The molecule has 0 heterocycles. The predicted octanol–water partition coefficient (Wildman–Crippen LogP) is 2.79. The second-order valence-electron chi connectivity index (χ2n) is 5.26. The van der Waals surface area contributed by atoms with Gasteiger partial charge in [-0.1, -0.05) is 36.4 Å². The van der Waals surface area contributed by atoms with Crippen molar-refractivity contribution in [2.24, 2.45) is 0 Å². The van der Waals surface area contributed by atoms with Gasteiger partial charge in [0.25, 0.3) is 0 Å². The van der Waals surface area contributed by atoms with Crippen molar-refractivity contribution in [3.05, 3.63) is 53.6 Å². The molecule has 0 aliphatic heterocycles. The molecular weight excluding hydrogens is 292 g/mol. The van der Waals surface area contributed by atoms with Gasteiger partial charge >= 0.3 is 5.97 Å². The van der Waals surface area contributed by atoms with Crippen LogP contribution in [0.25, 0.3) is 10.8 Å². The maximum atomic E-state index is 11.9. The molecule has 120 valence electrons. The molecule has 0 aliphatic carbocycles. The summed E-state index contributed by atoms with van der Waals surface area (Å²) in [4.78, 5) is 22.7. The van der Waals surface area contributed by atoms with Crippen molar-refractivity contribution < 1.29 is 14.7 Å². The van der Waals surface area contributed by atoms with Crippen molar-refractivity contribution in [2.45, 2.75) is 13.8 Å². The summed E-state index contributed by atoms with van der Waals surface area (Å²) < 4.78 is 0. The SMILES string of the molecule is C/C(C(=O)O)=C(\C)C(=O)NCCNc1cccc2ccccc12. The van der Waals surface area contributed by atoms with E-state index in [9.17, 15) is 9.59 Å². The van der Waals surface area contributed by atoms with Crippen LogP contribution in [0.2, 0.25) is 0 Å².